The van der Waals surface area contributed by atoms with E-state index in [1.54, 1.807) is 13.4 Å². The predicted molar refractivity (Wildman–Crippen MR) is 83.1 cm³/mol. The van der Waals surface area contributed by atoms with Crippen LogP contribution in [-0.4, -0.2) is 37.6 Å². The maximum atomic E-state index is 12.8. The van der Waals surface area contributed by atoms with E-state index in [1.165, 1.54) is 0 Å². The molecular weight excluding hydrogens is 280 g/mol. The van der Waals surface area contributed by atoms with E-state index >= 15 is 0 Å². The van der Waals surface area contributed by atoms with Crippen molar-refractivity contribution in [3.63, 3.8) is 0 Å². The average Bonchev–Trinajstić information content (AvgIpc) is 3.00. The van der Waals surface area contributed by atoms with E-state index in [0.29, 0.717) is 18.8 Å². The zero-order chi connectivity index (χ0) is 15.5. The van der Waals surface area contributed by atoms with Crippen LogP contribution in [0.5, 0.6) is 5.75 Å². The van der Waals surface area contributed by atoms with Crippen molar-refractivity contribution < 1.29 is 13.9 Å². The molecule has 5 heteroatoms. The fourth-order valence-corrected chi connectivity index (χ4v) is 2.89. The SMILES string of the molecule is COc1ccccc1C1CNCCN1C(=O)c1occc1C. The van der Waals surface area contributed by atoms with Crippen LogP contribution in [0.2, 0.25) is 0 Å². The summed E-state index contributed by atoms with van der Waals surface area (Å²) in [5.74, 6) is 1.15. The molecule has 3 rings (SSSR count). The van der Waals surface area contributed by atoms with Crippen molar-refractivity contribution in [2.45, 2.75) is 13.0 Å². The van der Waals surface area contributed by atoms with Gasteiger partial charge < -0.3 is 19.4 Å². The quantitative estimate of drug-likeness (QED) is 0.945. The molecule has 1 amide bonds. The molecule has 22 heavy (non-hydrogen) atoms. The molecule has 1 aromatic carbocycles. The van der Waals surface area contributed by atoms with Crippen molar-refractivity contribution in [3.8, 4) is 5.75 Å². The van der Waals surface area contributed by atoms with Crippen molar-refractivity contribution in [1.82, 2.24) is 10.2 Å². The number of methoxy groups -OCH3 is 1. The molecule has 0 radical (unpaired) electrons. The van der Waals surface area contributed by atoms with Gasteiger partial charge in [0, 0.05) is 30.8 Å². The third-order valence-corrected chi connectivity index (χ3v) is 4.06. The normalized spacial score (nSPS) is 18.3. The van der Waals surface area contributed by atoms with Gasteiger partial charge in [0.2, 0.25) is 0 Å². The number of para-hydroxylation sites is 1. The van der Waals surface area contributed by atoms with Crippen molar-refractivity contribution in [1.29, 1.82) is 0 Å². The monoisotopic (exact) mass is 300 g/mol. The molecule has 0 aliphatic carbocycles. The zero-order valence-corrected chi connectivity index (χ0v) is 12.8. The molecule has 2 heterocycles. The third kappa shape index (κ3) is 2.60. The van der Waals surface area contributed by atoms with Crippen LogP contribution in [0.3, 0.4) is 0 Å². The summed E-state index contributed by atoms with van der Waals surface area (Å²) in [5.41, 5.74) is 1.87. The number of piperazine rings is 1. The highest BCUT2D eigenvalue weighted by Gasteiger charge is 2.32. The lowest BCUT2D eigenvalue weighted by Crippen LogP contribution is -2.48. The van der Waals surface area contributed by atoms with Gasteiger partial charge in [-0.2, -0.15) is 0 Å². The summed E-state index contributed by atoms with van der Waals surface area (Å²) >= 11 is 0. The first-order valence-corrected chi connectivity index (χ1v) is 7.41. The zero-order valence-electron chi connectivity index (χ0n) is 12.8. The Balaban J connectivity index is 1.95. The fourth-order valence-electron chi connectivity index (χ4n) is 2.89. The number of hydrogen-bond acceptors (Lipinski definition) is 4. The Hall–Kier alpha value is -2.27. The first kappa shape index (κ1) is 14.7. The van der Waals surface area contributed by atoms with Crippen LogP contribution in [0.25, 0.3) is 0 Å². The molecule has 116 valence electrons. The van der Waals surface area contributed by atoms with Gasteiger partial charge in [0.15, 0.2) is 5.76 Å². The van der Waals surface area contributed by atoms with Crippen LogP contribution >= 0.6 is 0 Å². The van der Waals surface area contributed by atoms with Gasteiger partial charge in [-0.25, -0.2) is 0 Å². The van der Waals surface area contributed by atoms with Crippen molar-refractivity contribution in [3.05, 3.63) is 53.5 Å². The van der Waals surface area contributed by atoms with Crippen LogP contribution in [-0.2, 0) is 0 Å². The maximum absolute atomic E-state index is 12.8. The molecule has 5 nitrogen and oxygen atoms in total. The molecule has 1 fully saturated rings. The van der Waals surface area contributed by atoms with Crippen LogP contribution in [0.1, 0.15) is 27.7 Å². The smallest absolute Gasteiger partial charge is 0.290 e. The second-order valence-electron chi connectivity index (χ2n) is 5.39. The van der Waals surface area contributed by atoms with E-state index in [9.17, 15) is 4.79 Å². The van der Waals surface area contributed by atoms with E-state index in [0.717, 1.165) is 23.4 Å². The number of amides is 1. The topological polar surface area (TPSA) is 54.7 Å². The first-order valence-electron chi connectivity index (χ1n) is 7.41. The lowest BCUT2D eigenvalue weighted by atomic mass is 10.0. The van der Waals surface area contributed by atoms with Gasteiger partial charge in [-0.15, -0.1) is 0 Å². The standard InChI is InChI=1S/C17H20N2O3/c1-12-7-10-22-16(12)17(20)19-9-8-18-11-14(19)13-5-3-4-6-15(13)21-2/h3-7,10,14,18H,8-9,11H2,1-2H3. The third-order valence-electron chi connectivity index (χ3n) is 4.06. The maximum Gasteiger partial charge on any atom is 0.290 e. The molecule has 1 N–H and O–H groups in total. The molecule has 1 unspecified atom stereocenters. The Bertz CT molecular complexity index is 665. The molecule has 2 aromatic rings. The van der Waals surface area contributed by atoms with Crippen LogP contribution in [0.15, 0.2) is 41.0 Å². The van der Waals surface area contributed by atoms with Crippen LogP contribution < -0.4 is 10.1 Å². The summed E-state index contributed by atoms with van der Waals surface area (Å²) in [6.07, 6.45) is 1.56. The second kappa shape index (κ2) is 6.23. The van der Waals surface area contributed by atoms with Gasteiger partial charge in [-0.1, -0.05) is 18.2 Å². The molecule has 1 aliphatic rings. The lowest BCUT2D eigenvalue weighted by molar-refractivity contribution is 0.0598. The van der Waals surface area contributed by atoms with Gasteiger partial charge in [0.1, 0.15) is 5.75 Å². The number of furan rings is 1. The van der Waals surface area contributed by atoms with E-state index in [4.69, 9.17) is 9.15 Å². The number of hydrogen-bond donors (Lipinski definition) is 1. The number of nitrogens with one attached hydrogen (secondary N) is 1. The Morgan fingerprint density at radius 1 is 1.36 bits per heavy atom. The highest BCUT2D eigenvalue weighted by atomic mass is 16.5. The van der Waals surface area contributed by atoms with E-state index in [-0.39, 0.29) is 11.9 Å². The fraction of sp³-hybridized carbons (Fsp3) is 0.353. The minimum absolute atomic E-state index is 0.0677. The van der Waals surface area contributed by atoms with Crippen LogP contribution in [0, 0.1) is 6.92 Å². The number of ether oxygens (including phenoxy) is 1. The second-order valence-corrected chi connectivity index (χ2v) is 5.39. The number of nitrogens with zero attached hydrogens (tertiary/aromatic N) is 1. The van der Waals surface area contributed by atoms with Crippen molar-refractivity contribution in [2.24, 2.45) is 0 Å². The molecule has 1 saturated heterocycles. The largest absolute Gasteiger partial charge is 0.496 e. The Labute approximate surface area is 129 Å². The average molecular weight is 300 g/mol. The molecule has 1 atom stereocenters. The number of rotatable bonds is 3. The molecule has 0 saturated carbocycles. The van der Waals surface area contributed by atoms with Gasteiger partial charge in [0.05, 0.1) is 19.4 Å². The Kier molecular flexibility index (Phi) is 4.15. The highest BCUT2D eigenvalue weighted by Crippen LogP contribution is 2.31. The van der Waals surface area contributed by atoms with Crippen LogP contribution in [0.4, 0.5) is 0 Å². The van der Waals surface area contributed by atoms with Gasteiger partial charge >= 0.3 is 0 Å². The summed E-state index contributed by atoms with van der Waals surface area (Å²) in [6, 6.07) is 9.57. The molecule has 0 bridgehead atoms. The van der Waals surface area contributed by atoms with Gasteiger partial charge in [-0.05, 0) is 19.1 Å². The molecule has 0 spiro atoms. The number of aryl methyl sites for hydroxylation is 1. The van der Waals surface area contributed by atoms with E-state index < -0.39 is 0 Å². The van der Waals surface area contributed by atoms with E-state index in [1.807, 2.05) is 42.2 Å². The minimum Gasteiger partial charge on any atom is -0.496 e. The van der Waals surface area contributed by atoms with Gasteiger partial charge in [0.25, 0.3) is 5.91 Å². The molecule has 1 aliphatic heterocycles. The molecular formula is C17H20N2O3. The lowest BCUT2D eigenvalue weighted by Gasteiger charge is -2.36. The Morgan fingerprint density at radius 3 is 2.91 bits per heavy atom. The minimum atomic E-state index is -0.0695. The number of benzene rings is 1. The summed E-state index contributed by atoms with van der Waals surface area (Å²) < 4.78 is 10.8. The molecule has 1 aromatic heterocycles. The Morgan fingerprint density at radius 2 is 2.18 bits per heavy atom. The predicted octanol–water partition coefficient (Wildman–Crippen LogP) is 2.38. The van der Waals surface area contributed by atoms with Crippen molar-refractivity contribution in [2.75, 3.05) is 26.7 Å². The van der Waals surface area contributed by atoms with Crippen molar-refractivity contribution >= 4 is 5.91 Å². The summed E-state index contributed by atoms with van der Waals surface area (Å²) in [6.45, 7) is 4.00. The number of carbonyl (C=O) groups excluding carboxylic acids is 1. The summed E-state index contributed by atoms with van der Waals surface area (Å²) in [5, 5.41) is 3.35. The van der Waals surface area contributed by atoms with Gasteiger partial charge in [-0.3, -0.25) is 4.79 Å². The summed E-state index contributed by atoms with van der Waals surface area (Å²) in [4.78, 5) is 14.7. The number of carbonyl (C=O) groups is 1. The summed E-state index contributed by atoms with van der Waals surface area (Å²) in [7, 11) is 1.65. The first-order chi connectivity index (χ1) is 10.7. The van der Waals surface area contributed by atoms with E-state index in [2.05, 4.69) is 5.32 Å². The highest BCUT2D eigenvalue weighted by molar-refractivity contribution is 5.93.